The quantitative estimate of drug-likeness (QED) is 0.356. The highest BCUT2D eigenvalue weighted by Crippen LogP contribution is 2.35. The van der Waals surface area contributed by atoms with Crippen molar-refractivity contribution in [2.24, 2.45) is 0 Å². The van der Waals surface area contributed by atoms with Crippen LogP contribution in [0.5, 0.6) is 17.2 Å². The topological polar surface area (TPSA) is 71.1 Å². The minimum Gasteiger partial charge on any atom is -0.497 e. The smallest absolute Gasteiger partial charge is 0.338 e. The van der Waals surface area contributed by atoms with E-state index in [2.05, 4.69) is 0 Å². The number of ketones is 1. The maximum absolute atomic E-state index is 12.7. The van der Waals surface area contributed by atoms with Gasteiger partial charge in [-0.25, -0.2) is 4.79 Å². The van der Waals surface area contributed by atoms with Crippen LogP contribution in [0.25, 0.3) is 6.08 Å². The molecule has 6 nitrogen and oxygen atoms in total. The standard InChI is InChI=1S/C27H24O6/c1-17(2)32-27(29)20-8-4-19(5-9-20)16-31-22-12-13-23-24(15-22)33-25(26(23)28)14-18-6-10-21(30-3)11-7-18/h4-15,17H,16H2,1-3H3. The highest BCUT2D eigenvalue weighted by atomic mass is 16.5. The first-order chi connectivity index (χ1) is 15.9. The van der Waals surface area contributed by atoms with E-state index in [9.17, 15) is 9.59 Å². The summed E-state index contributed by atoms with van der Waals surface area (Å²) >= 11 is 0. The van der Waals surface area contributed by atoms with Crippen molar-refractivity contribution in [3.8, 4) is 17.2 Å². The van der Waals surface area contributed by atoms with Crippen molar-refractivity contribution in [1.29, 1.82) is 0 Å². The van der Waals surface area contributed by atoms with Gasteiger partial charge < -0.3 is 18.9 Å². The molecule has 0 fully saturated rings. The third-order valence-corrected chi connectivity index (χ3v) is 4.99. The van der Waals surface area contributed by atoms with E-state index in [0.29, 0.717) is 29.2 Å². The van der Waals surface area contributed by atoms with E-state index >= 15 is 0 Å². The summed E-state index contributed by atoms with van der Waals surface area (Å²) < 4.78 is 22.0. The monoisotopic (exact) mass is 444 g/mol. The molecular formula is C27H24O6. The molecule has 0 aliphatic carbocycles. The molecule has 0 bridgehead atoms. The minimum absolute atomic E-state index is 0.166. The molecule has 0 amide bonds. The van der Waals surface area contributed by atoms with Crippen molar-refractivity contribution in [2.45, 2.75) is 26.6 Å². The van der Waals surface area contributed by atoms with Gasteiger partial charge in [-0.3, -0.25) is 4.79 Å². The van der Waals surface area contributed by atoms with Gasteiger partial charge in [0.05, 0.1) is 24.3 Å². The lowest BCUT2D eigenvalue weighted by atomic mass is 10.1. The Balaban J connectivity index is 1.40. The number of hydrogen-bond donors (Lipinski definition) is 0. The van der Waals surface area contributed by atoms with Gasteiger partial charge >= 0.3 is 5.97 Å². The highest BCUT2D eigenvalue weighted by molar-refractivity contribution is 6.14. The predicted octanol–water partition coefficient (Wildman–Crippen LogP) is 5.46. The Hall–Kier alpha value is -4.06. The Morgan fingerprint density at radius 3 is 2.33 bits per heavy atom. The number of carbonyl (C=O) groups excluding carboxylic acids is 2. The van der Waals surface area contributed by atoms with Gasteiger partial charge in [-0.15, -0.1) is 0 Å². The first-order valence-corrected chi connectivity index (χ1v) is 10.6. The molecule has 6 heteroatoms. The van der Waals surface area contributed by atoms with Gasteiger partial charge in [0.15, 0.2) is 5.76 Å². The number of ether oxygens (including phenoxy) is 4. The fourth-order valence-electron chi connectivity index (χ4n) is 3.29. The minimum atomic E-state index is -0.351. The number of hydrogen-bond acceptors (Lipinski definition) is 6. The van der Waals surface area contributed by atoms with Crippen molar-refractivity contribution < 1.29 is 28.5 Å². The molecule has 0 saturated heterocycles. The van der Waals surface area contributed by atoms with Crippen LogP contribution in [0.1, 0.15) is 45.7 Å². The molecule has 1 heterocycles. The van der Waals surface area contributed by atoms with Gasteiger partial charge in [-0.05, 0) is 67.4 Å². The van der Waals surface area contributed by atoms with Gasteiger partial charge in [0.1, 0.15) is 23.9 Å². The van der Waals surface area contributed by atoms with Gasteiger partial charge in [0.25, 0.3) is 0 Å². The Bertz CT molecular complexity index is 1190. The largest absolute Gasteiger partial charge is 0.497 e. The van der Waals surface area contributed by atoms with E-state index in [1.807, 2.05) is 50.2 Å². The first kappa shape index (κ1) is 22.1. The molecule has 1 aliphatic rings. The maximum atomic E-state index is 12.7. The van der Waals surface area contributed by atoms with Gasteiger partial charge in [-0.1, -0.05) is 24.3 Å². The number of carbonyl (C=O) groups is 2. The summed E-state index contributed by atoms with van der Waals surface area (Å²) in [5.74, 6) is 1.52. The van der Waals surface area contributed by atoms with Gasteiger partial charge in [0.2, 0.25) is 5.78 Å². The fourth-order valence-corrected chi connectivity index (χ4v) is 3.29. The summed E-state index contributed by atoms with van der Waals surface area (Å²) in [6, 6.07) is 19.6. The molecule has 3 aromatic carbocycles. The van der Waals surface area contributed by atoms with E-state index < -0.39 is 0 Å². The number of rotatable bonds is 7. The zero-order valence-electron chi connectivity index (χ0n) is 18.7. The van der Waals surface area contributed by atoms with Crippen molar-refractivity contribution in [2.75, 3.05) is 7.11 Å². The van der Waals surface area contributed by atoms with E-state index in [1.54, 1.807) is 43.5 Å². The summed E-state index contributed by atoms with van der Waals surface area (Å²) in [6.07, 6.45) is 1.54. The SMILES string of the molecule is COc1ccc(C=C2Oc3cc(OCc4ccc(C(=O)OC(C)C)cc4)ccc3C2=O)cc1. The van der Waals surface area contributed by atoms with E-state index in [1.165, 1.54) is 0 Å². The van der Waals surface area contributed by atoms with E-state index in [0.717, 1.165) is 16.9 Å². The van der Waals surface area contributed by atoms with Crippen molar-refractivity contribution in [1.82, 2.24) is 0 Å². The molecule has 33 heavy (non-hydrogen) atoms. The average molecular weight is 444 g/mol. The van der Waals surface area contributed by atoms with Gasteiger partial charge in [-0.2, -0.15) is 0 Å². The number of allylic oxidation sites excluding steroid dienone is 1. The third-order valence-electron chi connectivity index (χ3n) is 4.99. The second-order valence-corrected chi connectivity index (χ2v) is 7.81. The average Bonchev–Trinajstić information content (AvgIpc) is 3.12. The molecule has 0 aromatic heterocycles. The number of esters is 1. The lowest BCUT2D eigenvalue weighted by Crippen LogP contribution is -2.11. The molecule has 0 N–H and O–H groups in total. The van der Waals surface area contributed by atoms with Crippen LogP contribution in [0, 0.1) is 0 Å². The van der Waals surface area contributed by atoms with Crippen molar-refractivity contribution >= 4 is 17.8 Å². The Morgan fingerprint density at radius 2 is 1.67 bits per heavy atom. The molecule has 3 aromatic rings. The van der Waals surface area contributed by atoms with E-state index in [-0.39, 0.29) is 23.6 Å². The molecular weight excluding hydrogens is 420 g/mol. The van der Waals surface area contributed by atoms with Crippen LogP contribution in [0.15, 0.2) is 72.5 Å². The molecule has 168 valence electrons. The lowest BCUT2D eigenvalue weighted by Gasteiger charge is -2.09. The second-order valence-electron chi connectivity index (χ2n) is 7.81. The predicted molar refractivity (Wildman–Crippen MR) is 124 cm³/mol. The number of benzene rings is 3. The van der Waals surface area contributed by atoms with Crippen LogP contribution in [-0.2, 0) is 11.3 Å². The van der Waals surface area contributed by atoms with E-state index in [4.69, 9.17) is 18.9 Å². The highest BCUT2D eigenvalue weighted by Gasteiger charge is 2.27. The molecule has 0 atom stereocenters. The Labute approximate surface area is 192 Å². The van der Waals surface area contributed by atoms with Crippen molar-refractivity contribution in [3.05, 3.63) is 94.7 Å². The molecule has 0 radical (unpaired) electrons. The zero-order chi connectivity index (χ0) is 23.4. The maximum Gasteiger partial charge on any atom is 0.338 e. The summed E-state index contributed by atoms with van der Waals surface area (Å²) in [7, 11) is 1.60. The lowest BCUT2D eigenvalue weighted by molar-refractivity contribution is 0.0377. The fraction of sp³-hybridized carbons (Fsp3) is 0.185. The summed E-state index contributed by atoms with van der Waals surface area (Å²) in [6.45, 7) is 3.93. The number of fused-ring (bicyclic) bond motifs is 1. The normalized spacial score (nSPS) is 13.6. The summed E-state index contributed by atoms with van der Waals surface area (Å²) in [5.41, 5.74) is 2.72. The Kier molecular flexibility index (Phi) is 6.45. The molecule has 4 rings (SSSR count). The molecule has 0 spiro atoms. The van der Waals surface area contributed by atoms with Crippen LogP contribution in [0.3, 0.4) is 0 Å². The zero-order valence-corrected chi connectivity index (χ0v) is 18.7. The van der Waals surface area contributed by atoms with Crippen LogP contribution in [0.2, 0.25) is 0 Å². The van der Waals surface area contributed by atoms with Crippen LogP contribution in [-0.4, -0.2) is 25.0 Å². The van der Waals surface area contributed by atoms with Gasteiger partial charge in [0, 0.05) is 6.07 Å². The molecule has 0 saturated carbocycles. The molecule has 1 aliphatic heterocycles. The van der Waals surface area contributed by atoms with Crippen LogP contribution >= 0.6 is 0 Å². The number of Topliss-reactive ketones (excluding diaryl/α,β-unsaturated/α-hetero) is 1. The van der Waals surface area contributed by atoms with Crippen LogP contribution < -0.4 is 14.2 Å². The van der Waals surface area contributed by atoms with Crippen LogP contribution in [0.4, 0.5) is 0 Å². The third kappa shape index (κ3) is 5.23. The Morgan fingerprint density at radius 1 is 0.970 bits per heavy atom. The first-order valence-electron chi connectivity index (χ1n) is 10.6. The number of methoxy groups -OCH3 is 1. The van der Waals surface area contributed by atoms with Crippen molar-refractivity contribution in [3.63, 3.8) is 0 Å². The summed E-state index contributed by atoms with van der Waals surface area (Å²) in [4.78, 5) is 24.6. The molecule has 0 unspecified atom stereocenters. The second kappa shape index (κ2) is 9.61. The summed E-state index contributed by atoms with van der Waals surface area (Å²) in [5, 5.41) is 0.